The van der Waals surface area contributed by atoms with Crippen molar-refractivity contribution in [2.24, 2.45) is 0 Å². The van der Waals surface area contributed by atoms with Crippen LogP contribution < -0.4 is 5.32 Å². The van der Waals surface area contributed by atoms with Gasteiger partial charge in [-0.25, -0.2) is 0 Å². The highest BCUT2D eigenvalue weighted by Gasteiger charge is 2.43. The lowest BCUT2D eigenvalue weighted by atomic mass is 9.99. The zero-order chi connectivity index (χ0) is 22.2. The van der Waals surface area contributed by atoms with Crippen LogP contribution in [0, 0.1) is 0 Å². The van der Waals surface area contributed by atoms with Crippen LogP contribution in [0.25, 0.3) is 0 Å². The molecule has 5 atom stereocenters. The molecule has 0 aromatic carbocycles. The van der Waals surface area contributed by atoms with Gasteiger partial charge in [0.15, 0.2) is 6.29 Å². The first-order chi connectivity index (χ1) is 14.5. The van der Waals surface area contributed by atoms with Crippen molar-refractivity contribution < 1.29 is 44.2 Å². The minimum atomic E-state index is -1.46. The summed E-state index contributed by atoms with van der Waals surface area (Å²) in [6, 6.07) is 0. The highest BCUT2D eigenvalue weighted by Crippen LogP contribution is 2.21. The number of unbranched alkanes of at least 4 members (excludes halogenated alkanes) is 4. The Hall–Kier alpha value is -0.850. The Morgan fingerprint density at radius 2 is 1.57 bits per heavy atom. The number of aliphatic hydroxyl groups excluding tert-OH is 4. The molecule has 0 aromatic rings. The highest BCUT2D eigenvalue weighted by atomic mass is 16.7. The van der Waals surface area contributed by atoms with Gasteiger partial charge in [0.1, 0.15) is 24.4 Å². The Morgan fingerprint density at radius 3 is 2.27 bits per heavy atom. The Morgan fingerprint density at radius 1 is 0.900 bits per heavy atom. The summed E-state index contributed by atoms with van der Waals surface area (Å²) >= 11 is 0. The van der Waals surface area contributed by atoms with Crippen LogP contribution in [0.15, 0.2) is 0 Å². The molecule has 10 nitrogen and oxygen atoms in total. The molecule has 1 aliphatic heterocycles. The molecule has 0 unspecified atom stereocenters. The van der Waals surface area contributed by atoms with E-state index in [-0.39, 0.29) is 19.1 Å². The number of amides is 1. The zero-order valence-electron chi connectivity index (χ0n) is 17.9. The summed E-state index contributed by atoms with van der Waals surface area (Å²) in [6.45, 7) is 3.55. The van der Waals surface area contributed by atoms with Crippen molar-refractivity contribution in [1.82, 2.24) is 5.32 Å². The lowest BCUT2D eigenvalue weighted by molar-refractivity contribution is -0.302. The number of aliphatic hydroxyl groups is 4. The quantitative estimate of drug-likeness (QED) is 0.187. The monoisotopic (exact) mass is 437 g/mol. The van der Waals surface area contributed by atoms with Crippen molar-refractivity contribution in [2.45, 2.75) is 76.2 Å². The summed E-state index contributed by atoms with van der Waals surface area (Å²) in [5, 5.41) is 41.1. The molecule has 10 heteroatoms. The van der Waals surface area contributed by atoms with Crippen LogP contribution in [0.2, 0.25) is 0 Å². The molecule has 0 radical (unpaired) electrons. The van der Waals surface area contributed by atoms with E-state index in [0.717, 1.165) is 12.8 Å². The number of ether oxygens (including phenoxy) is 4. The maximum Gasteiger partial charge on any atom is 0.220 e. The number of hydrogen-bond donors (Lipinski definition) is 5. The number of hydrogen-bond acceptors (Lipinski definition) is 9. The minimum Gasteiger partial charge on any atom is -0.394 e. The van der Waals surface area contributed by atoms with Crippen molar-refractivity contribution in [3.63, 3.8) is 0 Å². The average molecular weight is 438 g/mol. The molecule has 1 fully saturated rings. The van der Waals surface area contributed by atoms with Crippen LogP contribution in [0.1, 0.15) is 45.4 Å². The topological polar surface area (TPSA) is 147 Å². The van der Waals surface area contributed by atoms with Crippen molar-refractivity contribution in [1.29, 1.82) is 0 Å². The first kappa shape index (κ1) is 27.2. The van der Waals surface area contributed by atoms with Crippen LogP contribution in [-0.2, 0) is 23.7 Å². The third kappa shape index (κ3) is 11.0. The fourth-order valence-corrected chi connectivity index (χ4v) is 2.99. The Balaban J connectivity index is 1.93. The van der Waals surface area contributed by atoms with Gasteiger partial charge in [-0.05, 0) is 6.42 Å². The maximum atomic E-state index is 11.6. The van der Waals surface area contributed by atoms with E-state index in [0.29, 0.717) is 32.8 Å². The molecule has 0 saturated carbocycles. The van der Waals surface area contributed by atoms with Gasteiger partial charge in [0.05, 0.1) is 39.6 Å². The van der Waals surface area contributed by atoms with Gasteiger partial charge in [-0.15, -0.1) is 0 Å². The van der Waals surface area contributed by atoms with E-state index < -0.39 is 37.3 Å². The zero-order valence-corrected chi connectivity index (χ0v) is 17.9. The van der Waals surface area contributed by atoms with E-state index in [4.69, 9.17) is 24.1 Å². The third-order valence-corrected chi connectivity index (χ3v) is 4.81. The van der Waals surface area contributed by atoms with Gasteiger partial charge >= 0.3 is 0 Å². The number of rotatable bonds is 17. The van der Waals surface area contributed by atoms with Gasteiger partial charge in [-0.2, -0.15) is 0 Å². The summed E-state index contributed by atoms with van der Waals surface area (Å²) in [5.74, 6) is 0.0525. The maximum absolute atomic E-state index is 11.6. The Labute approximate surface area is 178 Å². The standard InChI is InChI=1S/C20H39NO9/c1-2-3-4-5-6-7-16(23)21-8-9-27-10-11-28-12-13-29-20-19(26)18(25)17(24)15(14-22)30-20/h15,17-20,22,24-26H,2-14H2,1H3,(H,21,23)/t15-,17-,18+,19-,20-/m1/s1. The smallest absolute Gasteiger partial charge is 0.220 e. The molecular formula is C20H39NO9. The molecule has 1 rings (SSSR count). The molecule has 5 N–H and O–H groups in total. The van der Waals surface area contributed by atoms with Crippen molar-refractivity contribution in [3.8, 4) is 0 Å². The largest absolute Gasteiger partial charge is 0.394 e. The second-order valence-electron chi connectivity index (χ2n) is 7.31. The lowest BCUT2D eigenvalue weighted by Crippen LogP contribution is -2.59. The lowest BCUT2D eigenvalue weighted by Gasteiger charge is -2.39. The molecule has 0 aliphatic carbocycles. The van der Waals surface area contributed by atoms with Crippen LogP contribution in [-0.4, -0.2) is 103 Å². The molecule has 1 heterocycles. The average Bonchev–Trinajstić information content (AvgIpc) is 2.74. The number of carbonyl (C=O) groups excluding carboxylic acids is 1. The second kappa shape index (κ2) is 16.8. The molecule has 30 heavy (non-hydrogen) atoms. The van der Waals surface area contributed by atoms with Gasteiger partial charge in [-0.3, -0.25) is 4.79 Å². The first-order valence-corrected chi connectivity index (χ1v) is 10.9. The summed E-state index contributed by atoms with van der Waals surface area (Å²) < 4.78 is 21.2. The number of carbonyl (C=O) groups is 1. The minimum absolute atomic E-state index is 0.0525. The molecule has 0 bridgehead atoms. The van der Waals surface area contributed by atoms with Gasteiger partial charge < -0.3 is 44.7 Å². The van der Waals surface area contributed by atoms with E-state index in [9.17, 15) is 20.1 Å². The number of nitrogens with one attached hydrogen (secondary N) is 1. The van der Waals surface area contributed by atoms with Gasteiger partial charge in [0.25, 0.3) is 0 Å². The van der Waals surface area contributed by atoms with Crippen molar-refractivity contribution in [3.05, 3.63) is 0 Å². The summed E-state index contributed by atoms with van der Waals surface area (Å²) in [5.41, 5.74) is 0. The predicted octanol–water partition coefficient (Wildman–Crippen LogP) is -0.687. The van der Waals surface area contributed by atoms with Crippen molar-refractivity contribution >= 4 is 5.91 Å². The first-order valence-electron chi connectivity index (χ1n) is 10.9. The Kier molecular flexibility index (Phi) is 15.2. The highest BCUT2D eigenvalue weighted by molar-refractivity contribution is 5.75. The molecule has 1 aliphatic rings. The summed E-state index contributed by atoms with van der Waals surface area (Å²) in [6.07, 6.45) is -0.276. The fourth-order valence-electron chi connectivity index (χ4n) is 2.99. The molecule has 178 valence electrons. The molecule has 1 amide bonds. The van der Waals surface area contributed by atoms with Crippen LogP contribution >= 0.6 is 0 Å². The van der Waals surface area contributed by atoms with Crippen LogP contribution in [0.3, 0.4) is 0 Å². The predicted molar refractivity (Wildman–Crippen MR) is 108 cm³/mol. The molecule has 0 spiro atoms. The fraction of sp³-hybridized carbons (Fsp3) is 0.950. The molecular weight excluding hydrogens is 398 g/mol. The normalized spacial score (nSPS) is 26.6. The summed E-state index contributed by atoms with van der Waals surface area (Å²) in [4.78, 5) is 11.6. The SMILES string of the molecule is CCCCCCCC(=O)NCCOCCOCCO[C@@H]1O[C@H](CO)[C@@H](O)[C@H](O)[C@H]1O. The van der Waals surface area contributed by atoms with E-state index in [1.54, 1.807) is 0 Å². The Bertz CT molecular complexity index is 439. The van der Waals surface area contributed by atoms with Crippen molar-refractivity contribution in [2.75, 3.05) is 46.2 Å². The molecule has 1 saturated heterocycles. The van der Waals surface area contributed by atoms with Crippen LogP contribution in [0.5, 0.6) is 0 Å². The van der Waals surface area contributed by atoms with E-state index in [2.05, 4.69) is 12.2 Å². The molecule has 0 aromatic heterocycles. The van der Waals surface area contributed by atoms with Gasteiger partial charge in [0, 0.05) is 13.0 Å². The van der Waals surface area contributed by atoms with Crippen LogP contribution in [0.4, 0.5) is 0 Å². The third-order valence-electron chi connectivity index (χ3n) is 4.81. The van der Waals surface area contributed by atoms with E-state index in [1.165, 1.54) is 19.3 Å². The second-order valence-corrected chi connectivity index (χ2v) is 7.31. The van der Waals surface area contributed by atoms with E-state index >= 15 is 0 Å². The van der Waals surface area contributed by atoms with E-state index in [1.807, 2.05) is 0 Å². The van der Waals surface area contributed by atoms with Gasteiger partial charge in [0.2, 0.25) is 5.91 Å². The summed E-state index contributed by atoms with van der Waals surface area (Å²) in [7, 11) is 0. The van der Waals surface area contributed by atoms with Gasteiger partial charge in [-0.1, -0.05) is 32.6 Å².